The van der Waals surface area contributed by atoms with E-state index in [2.05, 4.69) is 10.3 Å². The number of hydrogen-bond acceptors (Lipinski definition) is 5. The van der Waals surface area contributed by atoms with Crippen LogP contribution in [0.2, 0.25) is 0 Å². The van der Waals surface area contributed by atoms with Crippen LogP contribution in [0.3, 0.4) is 0 Å². The predicted octanol–water partition coefficient (Wildman–Crippen LogP) is 5.69. The van der Waals surface area contributed by atoms with Gasteiger partial charge in [0.15, 0.2) is 0 Å². The molecule has 1 aliphatic rings. The molecule has 2 aromatic carbocycles. The van der Waals surface area contributed by atoms with Crippen molar-refractivity contribution in [2.45, 2.75) is 52.5 Å². The van der Waals surface area contributed by atoms with E-state index in [1.54, 1.807) is 13.2 Å². The molecule has 7 heteroatoms. The summed E-state index contributed by atoms with van der Waals surface area (Å²) in [5.74, 6) is 1.45. The maximum atomic E-state index is 13.2. The van der Waals surface area contributed by atoms with E-state index in [0.29, 0.717) is 16.7 Å². The summed E-state index contributed by atoms with van der Waals surface area (Å²) in [6.07, 6.45) is 2.72. The number of furan rings is 1. The van der Waals surface area contributed by atoms with E-state index in [0.717, 1.165) is 69.3 Å². The van der Waals surface area contributed by atoms with Gasteiger partial charge in [0.2, 0.25) is 5.91 Å². The van der Waals surface area contributed by atoms with Gasteiger partial charge in [-0.1, -0.05) is 0 Å². The van der Waals surface area contributed by atoms with Crippen LogP contribution in [0.4, 0.5) is 0 Å². The van der Waals surface area contributed by atoms with Gasteiger partial charge in [0, 0.05) is 33.4 Å². The summed E-state index contributed by atoms with van der Waals surface area (Å²) < 4.78 is 16.8. The van der Waals surface area contributed by atoms with Crippen LogP contribution in [0, 0.1) is 20.8 Å². The molecule has 0 aliphatic heterocycles. The van der Waals surface area contributed by atoms with Crippen LogP contribution >= 0.6 is 0 Å². The number of H-pyrrole nitrogens is 1. The van der Waals surface area contributed by atoms with Crippen molar-refractivity contribution in [1.29, 1.82) is 0 Å². The van der Waals surface area contributed by atoms with Crippen LogP contribution in [-0.2, 0) is 17.6 Å². The molecule has 0 fully saturated rings. The molecule has 0 bridgehead atoms. The number of carbonyl (C=O) groups is 1. The number of rotatable bonds is 4. The molecular formula is C29H28N2O5. The third-order valence-electron chi connectivity index (χ3n) is 7.67. The van der Waals surface area contributed by atoms with Gasteiger partial charge < -0.3 is 23.9 Å². The molecule has 0 spiro atoms. The van der Waals surface area contributed by atoms with Gasteiger partial charge in [0.1, 0.15) is 22.7 Å². The number of aromatic amines is 1. The maximum Gasteiger partial charge on any atom is 0.340 e. The Hall–Kier alpha value is -4.00. The maximum absolute atomic E-state index is 13.2. The monoisotopic (exact) mass is 484 g/mol. The Morgan fingerprint density at radius 1 is 1.06 bits per heavy atom. The predicted molar refractivity (Wildman–Crippen MR) is 139 cm³/mol. The fourth-order valence-corrected chi connectivity index (χ4v) is 5.55. The minimum absolute atomic E-state index is 0.0363. The number of nitrogens with one attached hydrogen (secondary N) is 2. The first-order valence-electron chi connectivity index (χ1n) is 12.3. The van der Waals surface area contributed by atoms with Gasteiger partial charge in [-0.2, -0.15) is 0 Å². The summed E-state index contributed by atoms with van der Waals surface area (Å²) in [4.78, 5) is 29.5. The molecule has 5 aromatic rings. The van der Waals surface area contributed by atoms with Gasteiger partial charge in [0.25, 0.3) is 0 Å². The Bertz CT molecular complexity index is 1740. The molecular weight excluding hydrogens is 456 g/mol. The van der Waals surface area contributed by atoms with Crippen molar-refractivity contribution in [3.8, 4) is 5.75 Å². The Labute approximate surface area is 207 Å². The van der Waals surface area contributed by atoms with Crippen LogP contribution < -0.4 is 15.7 Å². The smallest absolute Gasteiger partial charge is 0.340 e. The number of hydrogen-bond donors (Lipinski definition) is 2. The average molecular weight is 485 g/mol. The Morgan fingerprint density at radius 3 is 2.64 bits per heavy atom. The zero-order valence-corrected chi connectivity index (χ0v) is 20.8. The second kappa shape index (κ2) is 8.29. The molecule has 184 valence electrons. The van der Waals surface area contributed by atoms with Crippen LogP contribution in [-0.4, -0.2) is 18.0 Å². The van der Waals surface area contributed by atoms with Gasteiger partial charge in [-0.25, -0.2) is 4.79 Å². The molecule has 7 nitrogen and oxygen atoms in total. The molecule has 0 radical (unpaired) electrons. The zero-order valence-electron chi connectivity index (χ0n) is 20.8. The lowest BCUT2D eigenvalue weighted by Crippen LogP contribution is -2.33. The van der Waals surface area contributed by atoms with Gasteiger partial charge in [-0.05, 0) is 81.0 Å². The molecule has 2 N–H and O–H groups in total. The number of amides is 1. The quantitative estimate of drug-likeness (QED) is 0.319. The third-order valence-corrected chi connectivity index (χ3v) is 7.67. The fraction of sp³-hybridized carbons (Fsp3) is 0.310. The highest BCUT2D eigenvalue weighted by Gasteiger charge is 2.27. The van der Waals surface area contributed by atoms with Crippen LogP contribution in [0.1, 0.15) is 52.6 Å². The van der Waals surface area contributed by atoms with Crippen molar-refractivity contribution in [2.75, 3.05) is 7.11 Å². The molecule has 0 saturated heterocycles. The van der Waals surface area contributed by atoms with E-state index >= 15 is 0 Å². The number of benzene rings is 2. The Morgan fingerprint density at radius 2 is 1.83 bits per heavy atom. The molecule has 3 aromatic heterocycles. The first kappa shape index (κ1) is 22.5. The minimum Gasteiger partial charge on any atom is -0.497 e. The molecule has 1 unspecified atom stereocenters. The van der Waals surface area contributed by atoms with E-state index in [-0.39, 0.29) is 18.4 Å². The molecule has 6 rings (SSSR count). The summed E-state index contributed by atoms with van der Waals surface area (Å²) in [6.45, 7) is 5.80. The van der Waals surface area contributed by atoms with Gasteiger partial charge in [-0.3, -0.25) is 4.79 Å². The van der Waals surface area contributed by atoms with Crippen molar-refractivity contribution in [3.63, 3.8) is 0 Å². The topological polar surface area (TPSA) is 97.5 Å². The molecule has 1 atom stereocenters. The SMILES string of the molecule is COc1ccc2[nH]c3c(c2c1)CCCC3NC(=O)Cc1c(C)c2cc3c(C)c(C)oc3cc2oc1=O. The normalized spacial score (nSPS) is 15.5. The summed E-state index contributed by atoms with van der Waals surface area (Å²) in [5, 5.41) is 6.09. The lowest BCUT2D eigenvalue weighted by molar-refractivity contribution is -0.121. The highest BCUT2D eigenvalue weighted by atomic mass is 16.5. The van der Waals surface area contributed by atoms with Crippen molar-refractivity contribution in [1.82, 2.24) is 10.3 Å². The first-order chi connectivity index (χ1) is 17.3. The van der Waals surface area contributed by atoms with Crippen LogP contribution in [0.25, 0.3) is 32.8 Å². The second-order valence-corrected chi connectivity index (χ2v) is 9.74. The molecule has 0 saturated carbocycles. The van der Waals surface area contributed by atoms with Gasteiger partial charge in [0.05, 0.1) is 25.1 Å². The molecule has 1 amide bonds. The number of aryl methyl sites for hydroxylation is 4. The van der Waals surface area contributed by atoms with E-state index in [4.69, 9.17) is 13.6 Å². The highest BCUT2D eigenvalue weighted by molar-refractivity contribution is 5.97. The van der Waals surface area contributed by atoms with Crippen LogP contribution in [0.15, 0.2) is 44.0 Å². The van der Waals surface area contributed by atoms with E-state index in [1.165, 1.54) is 5.56 Å². The number of carbonyl (C=O) groups excluding carboxylic acids is 1. The highest BCUT2D eigenvalue weighted by Crippen LogP contribution is 2.36. The van der Waals surface area contributed by atoms with E-state index in [1.807, 2.05) is 45.0 Å². The average Bonchev–Trinajstić information content (AvgIpc) is 3.37. The summed E-state index contributed by atoms with van der Waals surface area (Å²) >= 11 is 0. The lowest BCUT2D eigenvalue weighted by atomic mass is 9.91. The van der Waals surface area contributed by atoms with Crippen molar-refractivity contribution >= 4 is 38.7 Å². The molecule has 36 heavy (non-hydrogen) atoms. The standard InChI is InChI=1S/C29H28N2O5/c1-14-16(3)35-25-13-26-20(11-19(14)25)15(2)21(29(33)36-26)12-27(32)30-24-7-5-6-18-22-10-17(34-4)8-9-23(22)31-28(18)24/h8-11,13,24,31H,5-7,12H2,1-4H3,(H,30,32). The summed E-state index contributed by atoms with van der Waals surface area (Å²) in [7, 11) is 1.66. The molecule has 3 heterocycles. The number of ether oxygens (including phenoxy) is 1. The van der Waals surface area contributed by atoms with Gasteiger partial charge >= 0.3 is 5.63 Å². The van der Waals surface area contributed by atoms with Crippen molar-refractivity contribution in [2.24, 2.45) is 0 Å². The molecule has 1 aliphatic carbocycles. The second-order valence-electron chi connectivity index (χ2n) is 9.74. The number of aromatic nitrogens is 1. The largest absolute Gasteiger partial charge is 0.497 e. The zero-order chi connectivity index (χ0) is 25.1. The van der Waals surface area contributed by atoms with Crippen LogP contribution in [0.5, 0.6) is 5.75 Å². The van der Waals surface area contributed by atoms with E-state index < -0.39 is 5.63 Å². The Kier molecular flexibility index (Phi) is 5.18. The summed E-state index contributed by atoms with van der Waals surface area (Å²) in [6, 6.07) is 9.59. The van der Waals surface area contributed by atoms with Gasteiger partial charge in [-0.15, -0.1) is 0 Å². The summed E-state index contributed by atoms with van der Waals surface area (Å²) in [5.41, 5.74) is 6.16. The number of methoxy groups -OCH3 is 1. The number of fused-ring (bicyclic) bond motifs is 5. The van der Waals surface area contributed by atoms with E-state index in [9.17, 15) is 9.59 Å². The minimum atomic E-state index is -0.489. The fourth-order valence-electron chi connectivity index (χ4n) is 5.55. The lowest BCUT2D eigenvalue weighted by Gasteiger charge is -2.24. The van der Waals surface area contributed by atoms with Crippen molar-refractivity contribution < 1.29 is 18.4 Å². The first-order valence-corrected chi connectivity index (χ1v) is 12.3. The van der Waals surface area contributed by atoms with Crippen molar-refractivity contribution in [3.05, 3.63) is 74.5 Å². The Balaban J connectivity index is 1.31. The third kappa shape index (κ3) is 3.49.